The highest BCUT2D eigenvalue weighted by Gasteiger charge is 1.90. The molecule has 0 saturated heterocycles. The molecule has 1 nitrogen and oxygen atoms in total. The molecular formula is C18H32O. The molecule has 0 heterocycles. The fraction of sp³-hybridized carbons (Fsp3) is 0.778. The van der Waals surface area contributed by atoms with Crippen molar-refractivity contribution in [2.24, 2.45) is 0 Å². The third-order valence-corrected chi connectivity index (χ3v) is 3.18. The topological polar surface area (TPSA) is 20.2 Å². The van der Waals surface area contributed by atoms with Crippen LogP contribution in [-0.4, -0.2) is 11.7 Å². The summed E-state index contributed by atoms with van der Waals surface area (Å²) in [5.41, 5.74) is 0. The highest BCUT2D eigenvalue weighted by molar-refractivity contribution is 4.98. The number of rotatable bonds is 12. The number of unbranched alkanes of at least 4 members (excludes halogenated alkanes) is 9. The van der Waals surface area contributed by atoms with Crippen molar-refractivity contribution >= 4 is 0 Å². The molecule has 19 heavy (non-hydrogen) atoms. The Morgan fingerprint density at radius 1 is 0.737 bits per heavy atom. The summed E-state index contributed by atoms with van der Waals surface area (Å²) in [5, 5.41) is 8.56. The average molecular weight is 264 g/mol. The van der Waals surface area contributed by atoms with Crippen molar-refractivity contribution in [3.8, 4) is 11.8 Å². The van der Waals surface area contributed by atoms with E-state index in [2.05, 4.69) is 30.9 Å². The van der Waals surface area contributed by atoms with Crippen LogP contribution in [0.4, 0.5) is 0 Å². The van der Waals surface area contributed by atoms with E-state index < -0.39 is 0 Å². The van der Waals surface area contributed by atoms with Gasteiger partial charge in [-0.05, 0) is 25.7 Å². The first kappa shape index (κ1) is 18.3. The van der Waals surface area contributed by atoms with Gasteiger partial charge in [-0.2, -0.15) is 0 Å². The summed E-state index contributed by atoms with van der Waals surface area (Å²) in [6.07, 6.45) is 19.4. The first-order valence-electron chi connectivity index (χ1n) is 8.13. The molecular weight excluding hydrogens is 232 g/mol. The summed E-state index contributed by atoms with van der Waals surface area (Å²) >= 11 is 0. The fourth-order valence-corrected chi connectivity index (χ4v) is 1.97. The van der Waals surface area contributed by atoms with E-state index in [-0.39, 0.29) is 6.61 Å². The Bertz CT molecular complexity index is 244. The lowest BCUT2D eigenvalue weighted by atomic mass is 10.1. The van der Waals surface area contributed by atoms with Crippen LogP contribution in [0.5, 0.6) is 0 Å². The summed E-state index contributed by atoms with van der Waals surface area (Å²) in [6, 6.07) is 0. The van der Waals surface area contributed by atoms with Gasteiger partial charge in [0.1, 0.15) is 0 Å². The van der Waals surface area contributed by atoms with Crippen LogP contribution in [0.2, 0.25) is 0 Å². The molecule has 0 fully saturated rings. The van der Waals surface area contributed by atoms with E-state index in [0.29, 0.717) is 6.42 Å². The van der Waals surface area contributed by atoms with Gasteiger partial charge in [-0.25, -0.2) is 0 Å². The zero-order valence-corrected chi connectivity index (χ0v) is 12.8. The van der Waals surface area contributed by atoms with Crippen molar-refractivity contribution in [3.05, 3.63) is 12.2 Å². The Morgan fingerprint density at radius 2 is 1.32 bits per heavy atom. The smallest absolute Gasteiger partial charge is 0.0540 e. The maximum Gasteiger partial charge on any atom is 0.0540 e. The van der Waals surface area contributed by atoms with Gasteiger partial charge in [-0.1, -0.05) is 57.6 Å². The summed E-state index contributed by atoms with van der Waals surface area (Å²) in [6.45, 7) is 2.44. The van der Waals surface area contributed by atoms with Gasteiger partial charge in [-0.15, -0.1) is 11.8 Å². The SMILES string of the molecule is CCCC/C=C/CCCCCCCCC#CCCO. The molecule has 0 aliphatic heterocycles. The molecule has 110 valence electrons. The molecule has 0 rings (SSSR count). The van der Waals surface area contributed by atoms with E-state index in [9.17, 15) is 0 Å². The molecule has 0 aromatic carbocycles. The normalized spacial score (nSPS) is 10.6. The minimum Gasteiger partial charge on any atom is -0.395 e. The molecule has 0 saturated carbocycles. The quantitative estimate of drug-likeness (QED) is 0.290. The van der Waals surface area contributed by atoms with Gasteiger partial charge < -0.3 is 5.11 Å². The molecule has 0 amide bonds. The predicted molar refractivity (Wildman–Crippen MR) is 85.1 cm³/mol. The fourth-order valence-electron chi connectivity index (χ4n) is 1.97. The summed E-state index contributed by atoms with van der Waals surface area (Å²) < 4.78 is 0. The maximum atomic E-state index is 8.56. The summed E-state index contributed by atoms with van der Waals surface area (Å²) in [7, 11) is 0. The monoisotopic (exact) mass is 264 g/mol. The van der Waals surface area contributed by atoms with Crippen molar-refractivity contribution in [3.63, 3.8) is 0 Å². The first-order chi connectivity index (χ1) is 9.41. The highest BCUT2D eigenvalue weighted by atomic mass is 16.2. The van der Waals surface area contributed by atoms with Crippen LogP contribution in [0, 0.1) is 11.8 Å². The largest absolute Gasteiger partial charge is 0.395 e. The maximum absolute atomic E-state index is 8.56. The van der Waals surface area contributed by atoms with Crippen LogP contribution in [-0.2, 0) is 0 Å². The van der Waals surface area contributed by atoms with Crippen molar-refractivity contribution < 1.29 is 5.11 Å². The zero-order valence-electron chi connectivity index (χ0n) is 12.8. The average Bonchev–Trinajstić information content (AvgIpc) is 2.43. The van der Waals surface area contributed by atoms with Gasteiger partial charge in [0.2, 0.25) is 0 Å². The summed E-state index contributed by atoms with van der Waals surface area (Å²) in [4.78, 5) is 0. The minimum atomic E-state index is 0.194. The molecule has 1 heteroatoms. The Morgan fingerprint density at radius 3 is 2.00 bits per heavy atom. The number of aliphatic hydroxyl groups excluding tert-OH is 1. The van der Waals surface area contributed by atoms with Crippen molar-refractivity contribution in [1.29, 1.82) is 0 Å². The van der Waals surface area contributed by atoms with Crippen molar-refractivity contribution in [2.45, 2.75) is 84.0 Å². The second-order valence-electron chi connectivity index (χ2n) is 5.10. The van der Waals surface area contributed by atoms with Crippen LogP contribution < -0.4 is 0 Å². The van der Waals surface area contributed by atoms with Crippen LogP contribution in [0.1, 0.15) is 84.0 Å². The van der Waals surface area contributed by atoms with Gasteiger partial charge in [0.15, 0.2) is 0 Å². The van der Waals surface area contributed by atoms with Gasteiger partial charge >= 0.3 is 0 Å². The lowest BCUT2D eigenvalue weighted by Crippen LogP contribution is -1.80. The number of allylic oxidation sites excluding steroid dienone is 2. The molecule has 0 aromatic heterocycles. The minimum absolute atomic E-state index is 0.194. The lowest BCUT2D eigenvalue weighted by molar-refractivity contribution is 0.305. The van der Waals surface area contributed by atoms with Crippen LogP contribution in [0.3, 0.4) is 0 Å². The van der Waals surface area contributed by atoms with Gasteiger partial charge in [-0.3, -0.25) is 0 Å². The Labute approximate surface area is 120 Å². The van der Waals surface area contributed by atoms with Crippen molar-refractivity contribution in [1.82, 2.24) is 0 Å². The predicted octanol–water partition coefficient (Wildman–Crippen LogP) is 5.24. The van der Waals surface area contributed by atoms with E-state index in [0.717, 1.165) is 6.42 Å². The zero-order chi connectivity index (χ0) is 14.0. The molecule has 0 unspecified atom stereocenters. The highest BCUT2D eigenvalue weighted by Crippen LogP contribution is 2.09. The Kier molecular flexibility index (Phi) is 16.6. The molecule has 0 radical (unpaired) electrons. The van der Waals surface area contributed by atoms with E-state index in [1.165, 1.54) is 64.2 Å². The molecule has 0 aliphatic rings. The standard InChI is InChI=1S/C18H32O/c1-2-3-4-5-6-7-8-9-10-11-12-13-14-15-16-17-18-19/h5-6,19H,2-4,7-14,17-18H2,1H3/b6-5+. The molecule has 0 aliphatic carbocycles. The van der Waals surface area contributed by atoms with Crippen LogP contribution >= 0.6 is 0 Å². The second kappa shape index (κ2) is 17.3. The second-order valence-corrected chi connectivity index (χ2v) is 5.10. The molecule has 0 bridgehead atoms. The van der Waals surface area contributed by atoms with Gasteiger partial charge in [0.05, 0.1) is 6.61 Å². The molecule has 0 atom stereocenters. The third kappa shape index (κ3) is 17.3. The molecule has 0 spiro atoms. The van der Waals surface area contributed by atoms with E-state index in [4.69, 9.17) is 5.11 Å². The molecule has 1 N–H and O–H groups in total. The Hall–Kier alpha value is -0.740. The van der Waals surface area contributed by atoms with E-state index >= 15 is 0 Å². The van der Waals surface area contributed by atoms with E-state index in [1.807, 2.05) is 0 Å². The molecule has 0 aromatic rings. The van der Waals surface area contributed by atoms with Gasteiger partial charge in [0.25, 0.3) is 0 Å². The third-order valence-electron chi connectivity index (χ3n) is 3.18. The first-order valence-corrected chi connectivity index (χ1v) is 8.13. The van der Waals surface area contributed by atoms with Crippen LogP contribution in [0.15, 0.2) is 12.2 Å². The van der Waals surface area contributed by atoms with Gasteiger partial charge in [0, 0.05) is 12.8 Å². The summed E-state index contributed by atoms with van der Waals surface area (Å²) in [5.74, 6) is 6.07. The van der Waals surface area contributed by atoms with Crippen LogP contribution in [0.25, 0.3) is 0 Å². The van der Waals surface area contributed by atoms with E-state index in [1.54, 1.807) is 0 Å². The van der Waals surface area contributed by atoms with Crippen molar-refractivity contribution in [2.75, 3.05) is 6.61 Å². The number of hydrogen-bond acceptors (Lipinski definition) is 1. The number of aliphatic hydroxyl groups is 1. The lowest BCUT2D eigenvalue weighted by Gasteiger charge is -1.98. The number of hydrogen-bond donors (Lipinski definition) is 1. The Balaban J connectivity index is 3.07.